The molecular formula is C42H60FN5O10. The molecule has 0 saturated carbocycles. The number of aliphatic hydroxyl groups excluding tert-OH is 1. The highest BCUT2D eigenvalue weighted by Gasteiger charge is 2.59. The molecule has 2 aromatic rings. The van der Waals surface area contributed by atoms with Gasteiger partial charge in [-0.1, -0.05) is 45.9 Å². The van der Waals surface area contributed by atoms with Crippen molar-refractivity contribution in [3.63, 3.8) is 0 Å². The Hall–Kier alpha value is -3.93. The molecule has 4 heterocycles. The molecule has 0 spiro atoms. The van der Waals surface area contributed by atoms with Crippen molar-refractivity contribution in [2.24, 2.45) is 17.8 Å². The quantitative estimate of drug-likeness (QED) is 0.232. The number of carbonyl (C=O) groups is 4. The molecule has 3 aliphatic rings. The number of hydrogen-bond acceptors (Lipinski definition) is 14. The summed E-state index contributed by atoms with van der Waals surface area (Å²) in [6, 6.07) is 6.59. The van der Waals surface area contributed by atoms with E-state index in [4.69, 9.17) is 23.7 Å². The van der Waals surface area contributed by atoms with Gasteiger partial charge < -0.3 is 44.3 Å². The minimum absolute atomic E-state index is 0.0169. The fraction of sp³-hybridized carbons (Fsp3) is 0.667. The van der Waals surface area contributed by atoms with Crippen molar-refractivity contribution < 1.29 is 52.4 Å². The van der Waals surface area contributed by atoms with Gasteiger partial charge in [-0.3, -0.25) is 9.59 Å². The van der Waals surface area contributed by atoms with E-state index in [0.717, 1.165) is 23.6 Å². The number of halogens is 1. The molecule has 15 nitrogen and oxygen atoms in total. The van der Waals surface area contributed by atoms with Gasteiger partial charge in [0.1, 0.15) is 24.3 Å². The number of aliphatic hydroxyl groups is 1. The average molecular weight is 814 g/mol. The van der Waals surface area contributed by atoms with Crippen molar-refractivity contribution in [3.05, 3.63) is 48.5 Å². The Balaban J connectivity index is 1.44. The number of rotatable bonds is 10. The van der Waals surface area contributed by atoms with Crippen LogP contribution in [0.15, 0.2) is 43.0 Å². The fourth-order valence-corrected chi connectivity index (χ4v) is 8.90. The van der Waals surface area contributed by atoms with Gasteiger partial charge in [-0.15, -0.1) is 0 Å². The summed E-state index contributed by atoms with van der Waals surface area (Å²) in [6.07, 6.45) is -0.910. The molecule has 16 heteroatoms. The zero-order chi connectivity index (χ0) is 42.7. The number of esters is 1. The van der Waals surface area contributed by atoms with E-state index in [9.17, 15) is 24.3 Å². The van der Waals surface area contributed by atoms with Crippen molar-refractivity contribution >= 4 is 23.6 Å². The molecule has 3 fully saturated rings. The first-order valence-electron chi connectivity index (χ1n) is 20.0. The summed E-state index contributed by atoms with van der Waals surface area (Å²) in [5, 5.41) is 17.9. The van der Waals surface area contributed by atoms with Crippen LogP contribution < -0.4 is 10.6 Å². The van der Waals surface area contributed by atoms with Crippen LogP contribution in [0.1, 0.15) is 73.3 Å². The van der Waals surface area contributed by atoms with Crippen LogP contribution in [0.4, 0.5) is 9.18 Å². The van der Waals surface area contributed by atoms with Crippen LogP contribution in [0.5, 0.6) is 0 Å². The lowest BCUT2D eigenvalue weighted by atomic mass is 9.73. The van der Waals surface area contributed by atoms with Gasteiger partial charge in [-0.25, -0.2) is 23.9 Å². The highest BCUT2D eigenvalue weighted by molar-refractivity contribution is 6.08. The van der Waals surface area contributed by atoms with Gasteiger partial charge >= 0.3 is 12.1 Å². The Morgan fingerprint density at radius 3 is 2.38 bits per heavy atom. The number of amides is 1. The molecule has 1 aromatic carbocycles. The Morgan fingerprint density at radius 2 is 1.74 bits per heavy atom. The van der Waals surface area contributed by atoms with Crippen molar-refractivity contribution in [2.75, 3.05) is 27.7 Å². The number of cyclic esters (lactones) is 1. The van der Waals surface area contributed by atoms with Crippen LogP contribution in [-0.4, -0.2) is 131 Å². The first-order valence-corrected chi connectivity index (χ1v) is 20.0. The normalized spacial score (nSPS) is 37.7. The van der Waals surface area contributed by atoms with Gasteiger partial charge in [-0.05, 0) is 71.3 Å². The van der Waals surface area contributed by atoms with E-state index in [1.54, 1.807) is 40.1 Å². The molecule has 3 N–H and O–H groups in total. The van der Waals surface area contributed by atoms with Crippen molar-refractivity contribution in [1.29, 1.82) is 0 Å². The number of alkyl halides is 1. The Bertz CT molecular complexity index is 1790. The van der Waals surface area contributed by atoms with Crippen LogP contribution in [0, 0.1) is 17.8 Å². The number of aromatic nitrogens is 2. The maximum Gasteiger partial charge on any atom is 0.408 e. The van der Waals surface area contributed by atoms with Crippen LogP contribution in [0.2, 0.25) is 0 Å². The first kappa shape index (κ1) is 45.2. The zero-order valence-corrected chi connectivity index (χ0v) is 35.2. The number of ketones is 2. The smallest absolute Gasteiger partial charge is 0.408 e. The Labute approximate surface area is 340 Å². The maximum absolute atomic E-state index is 16.8. The van der Waals surface area contributed by atoms with E-state index in [1.165, 1.54) is 27.3 Å². The molecule has 3 saturated heterocycles. The second-order valence-corrected chi connectivity index (χ2v) is 16.9. The van der Waals surface area contributed by atoms with Crippen molar-refractivity contribution in [2.45, 2.75) is 134 Å². The number of hydrogen-bond donors (Lipinski definition) is 3. The number of nitrogens with one attached hydrogen (secondary N) is 2. The predicted octanol–water partition coefficient (Wildman–Crippen LogP) is 3.80. The first-order chi connectivity index (χ1) is 27.3. The molecule has 5 rings (SSSR count). The molecule has 1 aromatic heterocycles. The fourth-order valence-electron chi connectivity index (χ4n) is 8.90. The number of Topliss-reactive ketones (excluding diaryl/α,β-unsaturated/α-hetero) is 2. The second kappa shape index (κ2) is 18.1. The number of ether oxygens (including phenoxy) is 5. The van der Waals surface area contributed by atoms with Crippen molar-refractivity contribution in [1.82, 2.24) is 25.5 Å². The number of likely N-dealkylation sites (N-methyl/N-ethyl adjacent to an activating group) is 1. The lowest BCUT2D eigenvalue weighted by Crippen LogP contribution is -2.62. The van der Waals surface area contributed by atoms with Crippen LogP contribution in [0.3, 0.4) is 0 Å². The third-order valence-corrected chi connectivity index (χ3v) is 12.4. The molecule has 13 atom stereocenters. The molecule has 1 amide bonds. The van der Waals surface area contributed by atoms with Gasteiger partial charge in [0.15, 0.2) is 17.7 Å². The molecule has 3 aliphatic heterocycles. The van der Waals surface area contributed by atoms with Gasteiger partial charge in [-0.2, -0.15) is 0 Å². The number of fused-ring (bicyclic) bond motifs is 1. The monoisotopic (exact) mass is 813 g/mol. The number of alkyl carbamates (subject to hydrolysis) is 1. The number of carbonyl (C=O) groups excluding carboxylic acids is 4. The molecule has 0 aliphatic carbocycles. The Morgan fingerprint density at radius 1 is 1.05 bits per heavy atom. The molecule has 58 heavy (non-hydrogen) atoms. The third kappa shape index (κ3) is 9.27. The minimum Gasteiger partial charge on any atom is -0.455 e. The zero-order valence-electron chi connectivity index (χ0n) is 35.2. The summed E-state index contributed by atoms with van der Waals surface area (Å²) in [7, 11) is 5.04. The summed E-state index contributed by atoms with van der Waals surface area (Å²) < 4.78 is 47.2. The van der Waals surface area contributed by atoms with E-state index in [0.29, 0.717) is 19.5 Å². The highest BCUT2D eigenvalue weighted by Crippen LogP contribution is 2.41. The summed E-state index contributed by atoms with van der Waals surface area (Å²) in [5.41, 5.74) is -3.34. The summed E-state index contributed by atoms with van der Waals surface area (Å²) in [4.78, 5) is 64.9. The van der Waals surface area contributed by atoms with Gasteiger partial charge in [0.25, 0.3) is 5.67 Å². The predicted molar refractivity (Wildman–Crippen MR) is 210 cm³/mol. The third-order valence-electron chi connectivity index (χ3n) is 12.4. The highest BCUT2D eigenvalue weighted by atomic mass is 19.1. The molecule has 320 valence electrons. The average Bonchev–Trinajstić information content (AvgIpc) is 3.52. The van der Waals surface area contributed by atoms with Crippen LogP contribution >= 0.6 is 0 Å². The largest absolute Gasteiger partial charge is 0.455 e. The molecule has 2 unspecified atom stereocenters. The second-order valence-electron chi connectivity index (χ2n) is 16.9. The van der Waals surface area contributed by atoms with Crippen molar-refractivity contribution in [3.8, 4) is 11.1 Å². The molecule has 0 radical (unpaired) electrons. The van der Waals surface area contributed by atoms with E-state index in [-0.39, 0.29) is 18.6 Å². The minimum atomic E-state index is -3.18. The van der Waals surface area contributed by atoms with E-state index in [1.807, 2.05) is 43.3 Å². The number of methoxy groups -OCH3 is 1. The Kier molecular flexibility index (Phi) is 14.1. The van der Waals surface area contributed by atoms with Crippen LogP contribution in [0.25, 0.3) is 11.1 Å². The maximum atomic E-state index is 16.8. The molecular weight excluding hydrogens is 753 g/mol. The lowest BCUT2D eigenvalue weighted by Gasteiger charge is -2.47. The summed E-state index contributed by atoms with van der Waals surface area (Å²) >= 11 is 0. The SMILES string of the molecule is CC[C@H]1OC(=O)[C@@](C)(F)C(=O)[C@H](C)[C@@H](O[C@@H]2O[C@H](CNCc3cccc(-c4cncnc4)c3)CC(N(C)C)C2O)[C@](C)(OC)C[C@@H](C)C(=O)[C@H](C)[C@H]2NC(=O)O[C@@]21C. The summed E-state index contributed by atoms with van der Waals surface area (Å²) in [6.45, 7) is 11.3. The summed E-state index contributed by atoms with van der Waals surface area (Å²) in [5.74, 6) is -5.87. The topological polar surface area (TPSA) is 188 Å². The van der Waals surface area contributed by atoms with E-state index in [2.05, 4.69) is 20.6 Å². The standard InChI is InChI=1S/C42H60FN5O10/c1-11-31-42(7)34(47-39(53)58-42)24(3)32(49)23(2)17-40(5,54-10)36(25(4)35(51)41(6,43)38(52)56-31)57-37-33(50)30(48(8)9)16-29(55-37)21-44-18-26-13-12-14-27(15-26)28-19-45-22-46-20-28/h12-15,19-20,22-25,29-31,33-34,36-37,44,50H,11,16-18,21H2,1-10H3,(H,47,53)/t23-,24+,25+,29+,30?,31-,33?,34-,36-,37+,40-,41+,42-/m1/s1. The van der Waals surface area contributed by atoms with Gasteiger partial charge in [0.2, 0.25) is 0 Å². The van der Waals surface area contributed by atoms with E-state index >= 15 is 4.39 Å². The van der Waals surface area contributed by atoms with Crippen LogP contribution in [-0.2, 0) is 44.6 Å². The number of nitrogens with zero attached hydrogens (tertiary/aromatic N) is 3. The molecule has 0 bridgehead atoms. The number of benzene rings is 1. The van der Waals surface area contributed by atoms with Gasteiger partial charge in [0, 0.05) is 62.0 Å². The van der Waals surface area contributed by atoms with E-state index < -0.39 is 95.3 Å². The lowest BCUT2D eigenvalue weighted by molar-refractivity contribution is -0.297. The van der Waals surface area contributed by atoms with Gasteiger partial charge in [0.05, 0.1) is 23.9 Å².